The van der Waals surface area contributed by atoms with Crippen LogP contribution >= 0.6 is 0 Å². The molecular formula is C13H11N3O. The van der Waals surface area contributed by atoms with E-state index in [0.29, 0.717) is 5.65 Å². The van der Waals surface area contributed by atoms with Crippen molar-refractivity contribution in [2.75, 3.05) is 0 Å². The second-order valence-corrected chi connectivity index (χ2v) is 3.91. The molecular weight excluding hydrogens is 214 g/mol. The fourth-order valence-corrected chi connectivity index (χ4v) is 1.95. The summed E-state index contributed by atoms with van der Waals surface area (Å²) in [4.78, 5) is 16.1. The van der Waals surface area contributed by atoms with E-state index < -0.39 is 0 Å². The lowest BCUT2D eigenvalue weighted by Crippen LogP contribution is -2.18. The normalized spacial score (nSPS) is 10.9. The zero-order valence-electron chi connectivity index (χ0n) is 9.37. The predicted octanol–water partition coefficient (Wildman–Crippen LogP) is 1.79. The molecule has 4 heteroatoms. The third kappa shape index (κ3) is 1.45. The largest absolute Gasteiger partial charge is 0.273 e. The van der Waals surface area contributed by atoms with Crippen LogP contribution in [0.1, 0.15) is 5.56 Å². The summed E-state index contributed by atoms with van der Waals surface area (Å²) in [5.41, 5.74) is 2.54. The number of rotatable bonds is 1. The maximum Gasteiger partial charge on any atom is 0.273 e. The summed E-state index contributed by atoms with van der Waals surface area (Å²) in [6, 6.07) is 11.2. The molecule has 0 aliphatic heterocycles. The zero-order valence-corrected chi connectivity index (χ0v) is 9.37. The molecule has 3 rings (SSSR count). The van der Waals surface area contributed by atoms with Crippen LogP contribution < -0.4 is 5.56 Å². The quantitative estimate of drug-likeness (QED) is 0.633. The summed E-state index contributed by atoms with van der Waals surface area (Å²) in [5.74, 6) is 0. The zero-order chi connectivity index (χ0) is 11.8. The molecule has 17 heavy (non-hydrogen) atoms. The summed E-state index contributed by atoms with van der Waals surface area (Å²) >= 11 is 0. The minimum atomic E-state index is -0.0769. The van der Waals surface area contributed by atoms with Gasteiger partial charge in [-0.25, -0.2) is 4.98 Å². The molecule has 4 nitrogen and oxygen atoms in total. The van der Waals surface area contributed by atoms with Gasteiger partial charge in [0.25, 0.3) is 5.56 Å². The van der Waals surface area contributed by atoms with Crippen molar-refractivity contribution >= 4 is 5.65 Å². The predicted molar refractivity (Wildman–Crippen MR) is 65.5 cm³/mol. The number of fused-ring (bicyclic) bond motifs is 1. The minimum absolute atomic E-state index is 0.0769. The van der Waals surface area contributed by atoms with Gasteiger partial charge in [-0.15, -0.1) is 0 Å². The Morgan fingerprint density at radius 2 is 1.88 bits per heavy atom. The maximum absolute atomic E-state index is 11.9. The topological polar surface area (TPSA) is 39.3 Å². The van der Waals surface area contributed by atoms with Crippen LogP contribution in [0.5, 0.6) is 0 Å². The number of para-hydroxylation sites is 1. The summed E-state index contributed by atoms with van der Waals surface area (Å²) in [6.45, 7) is 1.95. The molecule has 3 aromatic rings. The van der Waals surface area contributed by atoms with Gasteiger partial charge in [0.1, 0.15) is 0 Å². The molecule has 2 heterocycles. The van der Waals surface area contributed by atoms with E-state index in [0.717, 1.165) is 11.3 Å². The Hall–Kier alpha value is -2.36. The lowest BCUT2D eigenvalue weighted by molar-refractivity contribution is 0.764. The van der Waals surface area contributed by atoms with E-state index in [1.165, 1.54) is 6.07 Å². The van der Waals surface area contributed by atoms with Gasteiger partial charge in [-0.05, 0) is 19.1 Å². The van der Waals surface area contributed by atoms with Crippen LogP contribution in [0.25, 0.3) is 11.3 Å². The van der Waals surface area contributed by atoms with Crippen LogP contribution in [0, 0.1) is 6.92 Å². The maximum atomic E-state index is 11.9. The molecule has 1 aromatic carbocycles. The van der Waals surface area contributed by atoms with E-state index >= 15 is 0 Å². The Kier molecular flexibility index (Phi) is 2.08. The highest BCUT2D eigenvalue weighted by Gasteiger charge is 2.08. The molecule has 0 aliphatic rings. The second-order valence-electron chi connectivity index (χ2n) is 3.91. The molecule has 2 aromatic heterocycles. The molecule has 0 aliphatic carbocycles. The van der Waals surface area contributed by atoms with Crippen LogP contribution in [-0.2, 0) is 0 Å². The van der Waals surface area contributed by atoms with Crippen molar-refractivity contribution in [1.82, 2.24) is 14.2 Å². The molecule has 0 saturated carbocycles. The molecule has 0 unspecified atom stereocenters. The van der Waals surface area contributed by atoms with Crippen molar-refractivity contribution in [2.24, 2.45) is 0 Å². The van der Waals surface area contributed by atoms with E-state index in [4.69, 9.17) is 0 Å². The van der Waals surface area contributed by atoms with Gasteiger partial charge in [0.2, 0.25) is 0 Å². The van der Waals surface area contributed by atoms with Gasteiger partial charge < -0.3 is 0 Å². The smallest absolute Gasteiger partial charge is 0.267 e. The van der Waals surface area contributed by atoms with Crippen molar-refractivity contribution in [3.8, 4) is 5.69 Å². The first kappa shape index (κ1) is 9.84. The number of benzene rings is 1. The second kappa shape index (κ2) is 3.59. The van der Waals surface area contributed by atoms with Crippen molar-refractivity contribution in [1.29, 1.82) is 0 Å². The molecule has 0 amide bonds. The third-order valence-electron chi connectivity index (χ3n) is 2.73. The van der Waals surface area contributed by atoms with Crippen molar-refractivity contribution in [3.05, 3.63) is 64.7 Å². The number of aryl methyl sites for hydroxylation is 1. The van der Waals surface area contributed by atoms with Crippen molar-refractivity contribution in [2.45, 2.75) is 6.92 Å². The Balaban J connectivity index is 2.43. The molecule has 0 atom stereocenters. The van der Waals surface area contributed by atoms with Gasteiger partial charge in [0.05, 0.1) is 5.69 Å². The average molecular weight is 225 g/mol. The van der Waals surface area contributed by atoms with Gasteiger partial charge in [0.15, 0.2) is 5.65 Å². The SMILES string of the molecule is Cc1cn(-c2ccccc2)n2c(=O)ccnc12. The standard InChI is InChI=1S/C13H11N3O/c1-10-9-15(11-5-3-2-4-6-11)16-12(17)7-8-14-13(10)16/h2-9H,1H3. The number of hydrogen-bond acceptors (Lipinski definition) is 2. The van der Waals surface area contributed by atoms with E-state index in [2.05, 4.69) is 4.98 Å². The van der Waals surface area contributed by atoms with Gasteiger partial charge in [0, 0.05) is 24.0 Å². The van der Waals surface area contributed by atoms with Crippen LogP contribution in [0.2, 0.25) is 0 Å². The molecule has 84 valence electrons. The van der Waals surface area contributed by atoms with E-state index in [9.17, 15) is 4.79 Å². The highest BCUT2D eigenvalue weighted by atomic mass is 16.1. The third-order valence-corrected chi connectivity index (χ3v) is 2.73. The van der Waals surface area contributed by atoms with Crippen molar-refractivity contribution < 1.29 is 0 Å². The van der Waals surface area contributed by atoms with Gasteiger partial charge in [-0.1, -0.05) is 18.2 Å². The fourth-order valence-electron chi connectivity index (χ4n) is 1.95. The molecule has 0 spiro atoms. The Morgan fingerprint density at radius 3 is 2.65 bits per heavy atom. The van der Waals surface area contributed by atoms with E-state index in [1.54, 1.807) is 10.7 Å². The highest BCUT2D eigenvalue weighted by molar-refractivity contribution is 5.48. The molecule has 0 saturated heterocycles. The summed E-state index contributed by atoms with van der Waals surface area (Å²) < 4.78 is 3.39. The molecule has 0 N–H and O–H groups in total. The lowest BCUT2D eigenvalue weighted by Gasteiger charge is -2.04. The first-order valence-corrected chi connectivity index (χ1v) is 5.39. The Bertz CT molecular complexity index is 725. The molecule has 0 radical (unpaired) electrons. The fraction of sp³-hybridized carbons (Fsp3) is 0.0769. The van der Waals surface area contributed by atoms with Crippen LogP contribution in [0.15, 0.2) is 53.6 Å². The van der Waals surface area contributed by atoms with Gasteiger partial charge in [-0.2, -0.15) is 4.52 Å². The Labute approximate surface area is 97.8 Å². The van der Waals surface area contributed by atoms with Crippen LogP contribution in [0.4, 0.5) is 0 Å². The lowest BCUT2D eigenvalue weighted by atomic mass is 10.3. The number of nitrogens with zero attached hydrogens (tertiary/aromatic N) is 3. The Morgan fingerprint density at radius 1 is 1.12 bits per heavy atom. The van der Waals surface area contributed by atoms with E-state index in [-0.39, 0.29) is 5.56 Å². The van der Waals surface area contributed by atoms with E-state index in [1.807, 2.05) is 48.1 Å². The summed E-state index contributed by atoms with van der Waals surface area (Å²) in [7, 11) is 0. The first-order valence-electron chi connectivity index (χ1n) is 5.39. The highest BCUT2D eigenvalue weighted by Crippen LogP contribution is 2.12. The molecule has 0 bridgehead atoms. The first-order chi connectivity index (χ1) is 8.27. The molecule has 0 fully saturated rings. The number of aromatic nitrogens is 3. The summed E-state index contributed by atoms with van der Waals surface area (Å²) in [5, 5.41) is 0. The minimum Gasteiger partial charge on any atom is -0.267 e. The van der Waals surface area contributed by atoms with Crippen LogP contribution in [0.3, 0.4) is 0 Å². The number of hydrogen-bond donors (Lipinski definition) is 0. The van der Waals surface area contributed by atoms with Crippen molar-refractivity contribution in [3.63, 3.8) is 0 Å². The monoisotopic (exact) mass is 225 g/mol. The summed E-state index contributed by atoms with van der Waals surface area (Å²) in [6.07, 6.45) is 3.46. The van der Waals surface area contributed by atoms with Gasteiger partial charge in [-0.3, -0.25) is 9.48 Å². The average Bonchev–Trinajstić information content (AvgIpc) is 2.70. The van der Waals surface area contributed by atoms with Gasteiger partial charge >= 0.3 is 0 Å². The van der Waals surface area contributed by atoms with Crippen LogP contribution in [-0.4, -0.2) is 14.2 Å².